The van der Waals surface area contributed by atoms with Crippen molar-refractivity contribution in [3.8, 4) is 0 Å². The van der Waals surface area contributed by atoms with Crippen LogP contribution in [0.1, 0.15) is 6.92 Å². The van der Waals surface area contributed by atoms with Gasteiger partial charge in [0.1, 0.15) is 6.54 Å². The summed E-state index contributed by atoms with van der Waals surface area (Å²) in [5.41, 5.74) is 0. The average Bonchev–Trinajstić information content (AvgIpc) is 2.35. The molecule has 0 unspecified atom stereocenters. The number of ether oxygens (including phenoxy) is 1. The van der Waals surface area contributed by atoms with Gasteiger partial charge in [-0.25, -0.2) is 9.97 Å². The zero-order valence-corrected chi connectivity index (χ0v) is 10.2. The molecule has 17 heavy (non-hydrogen) atoms. The Bertz CT molecular complexity index is 372. The van der Waals surface area contributed by atoms with E-state index in [0.29, 0.717) is 11.8 Å². The summed E-state index contributed by atoms with van der Waals surface area (Å²) in [5, 5.41) is 2.97. The maximum absolute atomic E-state index is 11.3. The summed E-state index contributed by atoms with van der Waals surface area (Å²) < 4.78 is 4.67. The second-order valence-corrected chi connectivity index (χ2v) is 3.84. The van der Waals surface area contributed by atoms with Gasteiger partial charge < -0.3 is 10.1 Å². The number of aromatic nitrogens is 2. The van der Waals surface area contributed by atoms with Gasteiger partial charge in [0.25, 0.3) is 0 Å². The first-order valence-corrected chi connectivity index (χ1v) is 6.03. The summed E-state index contributed by atoms with van der Waals surface area (Å²) in [7, 11) is 0. The highest BCUT2D eigenvalue weighted by Gasteiger charge is 2.07. The van der Waals surface area contributed by atoms with E-state index in [1.165, 1.54) is 11.8 Å². The van der Waals surface area contributed by atoms with Crippen LogP contribution < -0.4 is 5.32 Å². The maximum atomic E-state index is 11.3. The molecule has 0 aromatic carbocycles. The number of esters is 1. The van der Waals surface area contributed by atoms with E-state index in [2.05, 4.69) is 20.0 Å². The van der Waals surface area contributed by atoms with Crippen molar-refractivity contribution in [1.82, 2.24) is 15.3 Å². The smallest absolute Gasteiger partial charge is 0.325 e. The van der Waals surface area contributed by atoms with E-state index in [1.54, 1.807) is 25.4 Å². The predicted octanol–water partition coefficient (Wildman–Crippen LogP) is 0.248. The highest BCUT2D eigenvalue weighted by Crippen LogP contribution is 2.09. The molecule has 0 saturated carbocycles. The Hall–Kier alpha value is -1.63. The largest absolute Gasteiger partial charge is 0.465 e. The molecule has 1 rings (SSSR count). The molecule has 0 bridgehead atoms. The fourth-order valence-corrected chi connectivity index (χ4v) is 1.56. The minimum atomic E-state index is -0.443. The Morgan fingerprint density at radius 2 is 2.12 bits per heavy atom. The van der Waals surface area contributed by atoms with Gasteiger partial charge in [-0.3, -0.25) is 9.59 Å². The topological polar surface area (TPSA) is 81.2 Å². The van der Waals surface area contributed by atoms with Gasteiger partial charge >= 0.3 is 5.97 Å². The van der Waals surface area contributed by atoms with Crippen LogP contribution in [0, 0.1) is 0 Å². The number of nitrogens with zero attached hydrogens (tertiary/aromatic N) is 2. The lowest BCUT2D eigenvalue weighted by Crippen LogP contribution is -2.31. The third-order valence-electron chi connectivity index (χ3n) is 1.61. The first-order chi connectivity index (χ1) is 8.22. The minimum Gasteiger partial charge on any atom is -0.465 e. The molecule has 0 saturated heterocycles. The molecule has 0 radical (unpaired) electrons. The molecule has 0 fully saturated rings. The van der Waals surface area contributed by atoms with Crippen LogP contribution >= 0.6 is 11.8 Å². The van der Waals surface area contributed by atoms with Gasteiger partial charge in [0.15, 0.2) is 5.16 Å². The highest BCUT2D eigenvalue weighted by molar-refractivity contribution is 7.99. The van der Waals surface area contributed by atoms with Crippen LogP contribution in [0.4, 0.5) is 0 Å². The average molecular weight is 255 g/mol. The van der Waals surface area contributed by atoms with Crippen LogP contribution in [-0.2, 0) is 14.3 Å². The van der Waals surface area contributed by atoms with Crippen LogP contribution in [0.5, 0.6) is 0 Å². The summed E-state index contributed by atoms with van der Waals surface area (Å²) in [6, 6.07) is 1.70. The lowest BCUT2D eigenvalue weighted by Gasteiger charge is -2.04. The molecule has 0 atom stereocenters. The molecule has 7 heteroatoms. The van der Waals surface area contributed by atoms with Crippen LogP contribution in [-0.4, -0.2) is 40.7 Å². The molecule has 92 valence electrons. The summed E-state index contributed by atoms with van der Waals surface area (Å²) in [6.45, 7) is 1.91. The Morgan fingerprint density at radius 3 is 2.76 bits per heavy atom. The van der Waals surface area contributed by atoms with E-state index >= 15 is 0 Å². The van der Waals surface area contributed by atoms with E-state index in [-0.39, 0.29) is 18.2 Å². The van der Waals surface area contributed by atoms with Crippen molar-refractivity contribution >= 4 is 23.6 Å². The predicted molar refractivity (Wildman–Crippen MR) is 62.4 cm³/mol. The van der Waals surface area contributed by atoms with Crippen molar-refractivity contribution in [1.29, 1.82) is 0 Å². The van der Waals surface area contributed by atoms with E-state index in [0.717, 1.165) is 0 Å². The first kappa shape index (κ1) is 13.4. The van der Waals surface area contributed by atoms with E-state index in [4.69, 9.17) is 0 Å². The zero-order valence-electron chi connectivity index (χ0n) is 9.38. The summed E-state index contributed by atoms with van der Waals surface area (Å²) in [6.07, 6.45) is 3.21. The van der Waals surface area contributed by atoms with Crippen molar-refractivity contribution in [3.63, 3.8) is 0 Å². The Kier molecular flexibility index (Phi) is 6.02. The number of thioether (sulfide) groups is 1. The van der Waals surface area contributed by atoms with Gasteiger partial charge in [-0.15, -0.1) is 0 Å². The van der Waals surface area contributed by atoms with Crippen molar-refractivity contribution in [3.05, 3.63) is 18.5 Å². The number of carbonyl (C=O) groups is 2. The van der Waals surface area contributed by atoms with Gasteiger partial charge in [-0.05, 0) is 13.0 Å². The number of rotatable bonds is 6. The highest BCUT2D eigenvalue weighted by atomic mass is 32.2. The number of hydrogen-bond acceptors (Lipinski definition) is 6. The van der Waals surface area contributed by atoms with Gasteiger partial charge in [-0.2, -0.15) is 0 Å². The summed E-state index contributed by atoms with van der Waals surface area (Å²) in [5.74, 6) is -0.527. The zero-order chi connectivity index (χ0) is 12.5. The monoisotopic (exact) mass is 255 g/mol. The molecular weight excluding hydrogens is 242 g/mol. The van der Waals surface area contributed by atoms with Gasteiger partial charge in [0, 0.05) is 12.4 Å². The third kappa shape index (κ3) is 5.86. The van der Waals surface area contributed by atoms with Crippen molar-refractivity contribution < 1.29 is 14.3 Å². The quantitative estimate of drug-likeness (QED) is 0.446. The van der Waals surface area contributed by atoms with E-state index < -0.39 is 5.97 Å². The molecule has 0 aliphatic carbocycles. The minimum absolute atomic E-state index is 0.108. The molecule has 0 aliphatic heterocycles. The lowest BCUT2D eigenvalue weighted by molar-refractivity contribution is -0.143. The van der Waals surface area contributed by atoms with Crippen LogP contribution in [0.2, 0.25) is 0 Å². The Balaban J connectivity index is 2.20. The van der Waals surface area contributed by atoms with Crippen molar-refractivity contribution in [2.75, 3.05) is 18.9 Å². The maximum Gasteiger partial charge on any atom is 0.325 e. The SMILES string of the molecule is CCOC(=O)CNC(=O)CSc1ncccn1. The van der Waals surface area contributed by atoms with E-state index in [1.807, 2.05) is 0 Å². The van der Waals surface area contributed by atoms with E-state index in [9.17, 15) is 9.59 Å². The first-order valence-electron chi connectivity index (χ1n) is 5.04. The lowest BCUT2D eigenvalue weighted by atomic mass is 10.6. The molecule has 0 spiro atoms. The fourth-order valence-electron chi connectivity index (χ4n) is 0.924. The Morgan fingerprint density at radius 1 is 1.41 bits per heavy atom. The standard InChI is InChI=1S/C10H13N3O3S/c1-2-16-9(15)6-13-8(14)7-17-10-11-4-3-5-12-10/h3-5H,2,6-7H2,1H3,(H,13,14). The molecule has 1 N–H and O–H groups in total. The molecule has 1 heterocycles. The summed E-state index contributed by atoms with van der Waals surface area (Å²) >= 11 is 1.21. The second-order valence-electron chi connectivity index (χ2n) is 2.90. The molecule has 1 amide bonds. The van der Waals surface area contributed by atoms with Crippen LogP contribution in [0.3, 0.4) is 0 Å². The van der Waals surface area contributed by atoms with Gasteiger partial charge in [0.05, 0.1) is 12.4 Å². The molecule has 6 nitrogen and oxygen atoms in total. The fraction of sp³-hybridized carbons (Fsp3) is 0.400. The van der Waals surface area contributed by atoms with Crippen LogP contribution in [0.15, 0.2) is 23.6 Å². The third-order valence-corrected chi connectivity index (χ3v) is 2.49. The number of nitrogens with one attached hydrogen (secondary N) is 1. The summed E-state index contributed by atoms with van der Waals surface area (Å²) in [4.78, 5) is 30.2. The molecule has 1 aromatic heterocycles. The molecular formula is C10H13N3O3S. The van der Waals surface area contributed by atoms with Crippen molar-refractivity contribution in [2.45, 2.75) is 12.1 Å². The normalized spacial score (nSPS) is 9.71. The van der Waals surface area contributed by atoms with Gasteiger partial charge in [-0.1, -0.05) is 11.8 Å². The number of hydrogen-bond donors (Lipinski definition) is 1. The molecule has 1 aromatic rings. The van der Waals surface area contributed by atoms with Crippen molar-refractivity contribution in [2.24, 2.45) is 0 Å². The van der Waals surface area contributed by atoms with Crippen LogP contribution in [0.25, 0.3) is 0 Å². The Labute approximate surface area is 103 Å². The van der Waals surface area contributed by atoms with Gasteiger partial charge in [0.2, 0.25) is 5.91 Å². The number of amides is 1. The number of carbonyl (C=O) groups excluding carboxylic acids is 2. The molecule has 0 aliphatic rings. The second kappa shape index (κ2) is 7.61.